The van der Waals surface area contributed by atoms with Gasteiger partial charge in [0.05, 0.1) is 12.6 Å². The first-order valence-electron chi connectivity index (χ1n) is 7.25. The van der Waals surface area contributed by atoms with Crippen molar-refractivity contribution in [3.8, 4) is 0 Å². The summed E-state index contributed by atoms with van der Waals surface area (Å²) in [5, 5.41) is 12.1. The quantitative estimate of drug-likeness (QED) is 0.855. The van der Waals surface area contributed by atoms with Crippen molar-refractivity contribution in [3.05, 3.63) is 35.4 Å². The maximum atomic E-state index is 12.3. The predicted octanol–water partition coefficient (Wildman–Crippen LogP) is 1.16. The zero-order valence-corrected chi connectivity index (χ0v) is 12.7. The SMILES string of the molecule is CC(C)[C@@H](CO)NC(=O)[C@H](C)N1Cc2ccccc2C1=O. The molecular formula is C16H22N2O3. The lowest BCUT2D eigenvalue weighted by Gasteiger charge is -2.27. The van der Waals surface area contributed by atoms with Crippen LogP contribution in [-0.2, 0) is 11.3 Å². The standard InChI is InChI=1S/C16H22N2O3/c1-10(2)14(9-19)17-15(20)11(3)18-8-12-6-4-5-7-13(12)16(18)21/h4-7,10-11,14,19H,8-9H2,1-3H3,(H,17,20)/t11-,14+/m0/s1. The molecule has 1 aromatic carbocycles. The number of rotatable bonds is 5. The van der Waals surface area contributed by atoms with Crippen LogP contribution in [0.15, 0.2) is 24.3 Å². The molecule has 0 saturated carbocycles. The lowest BCUT2D eigenvalue weighted by molar-refractivity contribution is -0.126. The Kier molecular flexibility index (Phi) is 4.63. The van der Waals surface area contributed by atoms with E-state index < -0.39 is 6.04 Å². The first-order valence-corrected chi connectivity index (χ1v) is 7.25. The number of hydrogen-bond acceptors (Lipinski definition) is 3. The van der Waals surface area contributed by atoms with Gasteiger partial charge in [0.15, 0.2) is 0 Å². The number of aliphatic hydroxyl groups is 1. The summed E-state index contributed by atoms with van der Waals surface area (Å²) in [6.45, 7) is 5.93. The van der Waals surface area contributed by atoms with Crippen molar-refractivity contribution in [2.24, 2.45) is 5.92 Å². The van der Waals surface area contributed by atoms with Crippen LogP contribution in [0, 0.1) is 5.92 Å². The Bertz CT molecular complexity index is 542. The minimum Gasteiger partial charge on any atom is -0.394 e. The first kappa shape index (κ1) is 15.5. The summed E-state index contributed by atoms with van der Waals surface area (Å²) >= 11 is 0. The zero-order valence-electron chi connectivity index (χ0n) is 12.7. The highest BCUT2D eigenvalue weighted by Crippen LogP contribution is 2.24. The van der Waals surface area contributed by atoms with Gasteiger partial charge in [-0.05, 0) is 24.5 Å². The number of benzene rings is 1. The summed E-state index contributed by atoms with van der Waals surface area (Å²) in [4.78, 5) is 26.2. The molecule has 2 N–H and O–H groups in total. The Morgan fingerprint density at radius 3 is 2.57 bits per heavy atom. The average molecular weight is 290 g/mol. The molecule has 0 saturated heterocycles. The van der Waals surface area contributed by atoms with Gasteiger partial charge in [0, 0.05) is 12.1 Å². The molecule has 0 unspecified atom stereocenters. The number of amides is 2. The molecule has 0 aromatic heterocycles. The van der Waals surface area contributed by atoms with E-state index in [1.807, 2.05) is 32.0 Å². The van der Waals surface area contributed by atoms with Gasteiger partial charge in [-0.2, -0.15) is 0 Å². The maximum absolute atomic E-state index is 12.3. The van der Waals surface area contributed by atoms with Crippen LogP contribution in [0.1, 0.15) is 36.7 Å². The zero-order chi connectivity index (χ0) is 15.6. The normalized spacial score (nSPS) is 16.8. The molecule has 1 aromatic rings. The van der Waals surface area contributed by atoms with Gasteiger partial charge in [-0.15, -0.1) is 0 Å². The molecule has 0 aliphatic carbocycles. The second-order valence-electron chi connectivity index (χ2n) is 5.81. The summed E-state index contributed by atoms with van der Waals surface area (Å²) in [7, 11) is 0. The topological polar surface area (TPSA) is 69.6 Å². The molecule has 0 fully saturated rings. The molecule has 21 heavy (non-hydrogen) atoms. The fourth-order valence-electron chi connectivity index (χ4n) is 2.46. The molecular weight excluding hydrogens is 268 g/mol. The van der Waals surface area contributed by atoms with Crippen LogP contribution in [-0.4, -0.2) is 40.5 Å². The van der Waals surface area contributed by atoms with Crippen LogP contribution >= 0.6 is 0 Å². The average Bonchev–Trinajstić information content (AvgIpc) is 2.81. The van der Waals surface area contributed by atoms with E-state index >= 15 is 0 Å². The van der Waals surface area contributed by atoms with Gasteiger partial charge in [0.2, 0.25) is 5.91 Å². The lowest BCUT2D eigenvalue weighted by atomic mass is 10.0. The minimum atomic E-state index is -0.558. The van der Waals surface area contributed by atoms with Crippen molar-refractivity contribution in [1.82, 2.24) is 10.2 Å². The lowest BCUT2D eigenvalue weighted by Crippen LogP contribution is -2.50. The third-order valence-electron chi connectivity index (χ3n) is 4.03. The monoisotopic (exact) mass is 290 g/mol. The fourth-order valence-corrected chi connectivity index (χ4v) is 2.46. The highest BCUT2D eigenvalue weighted by molar-refractivity contribution is 6.01. The van der Waals surface area contributed by atoms with Crippen molar-refractivity contribution in [2.75, 3.05) is 6.61 Å². The minimum absolute atomic E-state index is 0.107. The molecule has 2 amide bonds. The summed E-state index contributed by atoms with van der Waals surface area (Å²) < 4.78 is 0. The van der Waals surface area contributed by atoms with Crippen molar-refractivity contribution in [3.63, 3.8) is 0 Å². The number of hydrogen-bond donors (Lipinski definition) is 2. The summed E-state index contributed by atoms with van der Waals surface area (Å²) in [6.07, 6.45) is 0. The Hall–Kier alpha value is -1.88. The summed E-state index contributed by atoms with van der Waals surface area (Å²) in [5.41, 5.74) is 1.62. The molecule has 1 aliphatic rings. The molecule has 114 valence electrons. The maximum Gasteiger partial charge on any atom is 0.255 e. The van der Waals surface area contributed by atoms with E-state index in [4.69, 9.17) is 0 Å². The van der Waals surface area contributed by atoms with E-state index in [1.165, 1.54) is 0 Å². The van der Waals surface area contributed by atoms with Crippen molar-refractivity contribution >= 4 is 11.8 Å². The van der Waals surface area contributed by atoms with E-state index in [2.05, 4.69) is 5.32 Å². The van der Waals surface area contributed by atoms with E-state index in [9.17, 15) is 14.7 Å². The molecule has 5 nitrogen and oxygen atoms in total. The van der Waals surface area contributed by atoms with E-state index in [0.29, 0.717) is 12.1 Å². The largest absolute Gasteiger partial charge is 0.394 e. The molecule has 1 aliphatic heterocycles. The predicted molar refractivity (Wildman–Crippen MR) is 79.6 cm³/mol. The number of nitrogens with one attached hydrogen (secondary N) is 1. The smallest absolute Gasteiger partial charge is 0.255 e. The highest BCUT2D eigenvalue weighted by Gasteiger charge is 2.34. The molecule has 0 spiro atoms. The Labute approximate surface area is 125 Å². The molecule has 2 rings (SSSR count). The van der Waals surface area contributed by atoms with Crippen molar-refractivity contribution < 1.29 is 14.7 Å². The summed E-state index contributed by atoms with van der Waals surface area (Å²) in [5.74, 6) is -0.208. The van der Waals surface area contributed by atoms with Crippen LogP contribution in [0.4, 0.5) is 0 Å². The van der Waals surface area contributed by atoms with Crippen LogP contribution in [0.5, 0.6) is 0 Å². The number of carbonyl (C=O) groups is 2. The van der Waals surface area contributed by atoms with E-state index in [0.717, 1.165) is 5.56 Å². The molecule has 0 bridgehead atoms. The number of fused-ring (bicyclic) bond motifs is 1. The second-order valence-corrected chi connectivity index (χ2v) is 5.81. The van der Waals surface area contributed by atoms with Gasteiger partial charge in [0.1, 0.15) is 6.04 Å². The van der Waals surface area contributed by atoms with Gasteiger partial charge in [-0.1, -0.05) is 32.0 Å². The number of aliphatic hydroxyl groups excluding tert-OH is 1. The Morgan fingerprint density at radius 1 is 1.33 bits per heavy atom. The highest BCUT2D eigenvalue weighted by atomic mass is 16.3. The first-order chi connectivity index (χ1) is 9.95. The molecule has 2 atom stereocenters. The van der Waals surface area contributed by atoms with Crippen LogP contribution in [0.2, 0.25) is 0 Å². The van der Waals surface area contributed by atoms with Crippen LogP contribution in [0.3, 0.4) is 0 Å². The second kappa shape index (κ2) is 6.26. The van der Waals surface area contributed by atoms with Gasteiger partial charge < -0.3 is 15.3 Å². The van der Waals surface area contributed by atoms with E-state index in [1.54, 1.807) is 17.9 Å². The molecule has 1 heterocycles. The van der Waals surface area contributed by atoms with Gasteiger partial charge >= 0.3 is 0 Å². The van der Waals surface area contributed by atoms with Crippen molar-refractivity contribution in [2.45, 2.75) is 39.4 Å². The Morgan fingerprint density at radius 2 is 2.00 bits per heavy atom. The molecule has 5 heteroatoms. The van der Waals surface area contributed by atoms with Gasteiger partial charge in [0.25, 0.3) is 5.91 Å². The number of carbonyl (C=O) groups excluding carboxylic acids is 2. The number of nitrogens with zero attached hydrogens (tertiary/aromatic N) is 1. The van der Waals surface area contributed by atoms with Crippen molar-refractivity contribution in [1.29, 1.82) is 0 Å². The molecule has 0 radical (unpaired) electrons. The van der Waals surface area contributed by atoms with Crippen LogP contribution < -0.4 is 5.32 Å². The van der Waals surface area contributed by atoms with Crippen LogP contribution in [0.25, 0.3) is 0 Å². The fraction of sp³-hybridized carbons (Fsp3) is 0.500. The third-order valence-corrected chi connectivity index (χ3v) is 4.03. The van der Waals surface area contributed by atoms with E-state index in [-0.39, 0.29) is 30.4 Å². The third kappa shape index (κ3) is 3.08. The van der Waals surface area contributed by atoms with Gasteiger partial charge in [-0.3, -0.25) is 9.59 Å². The van der Waals surface area contributed by atoms with Gasteiger partial charge in [-0.25, -0.2) is 0 Å². The summed E-state index contributed by atoms with van der Waals surface area (Å²) in [6, 6.07) is 6.56. The Balaban J connectivity index is 2.06.